The number of halogens is 2. The number of hydrogen-bond acceptors (Lipinski definition) is 7. The van der Waals surface area contributed by atoms with Crippen LogP contribution in [0.2, 0.25) is 5.02 Å². The first-order chi connectivity index (χ1) is 21.2. The molecule has 44 heavy (non-hydrogen) atoms. The molecule has 2 N–H and O–H groups in total. The normalized spacial score (nSPS) is 19.4. The second-order valence-corrected chi connectivity index (χ2v) is 11.6. The average Bonchev–Trinajstić information content (AvgIpc) is 3.62. The molecule has 6 rings (SSSR count). The van der Waals surface area contributed by atoms with Gasteiger partial charge in [0.1, 0.15) is 36.1 Å². The highest BCUT2D eigenvalue weighted by Gasteiger charge is 2.43. The topological polar surface area (TPSA) is 116 Å². The van der Waals surface area contributed by atoms with Gasteiger partial charge in [0.05, 0.1) is 10.6 Å². The number of aromatic nitrogens is 1. The summed E-state index contributed by atoms with van der Waals surface area (Å²) in [7, 11) is 0. The minimum Gasteiger partial charge on any atom is -0.488 e. The van der Waals surface area contributed by atoms with Crippen LogP contribution in [-0.4, -0.2) is 44.8 Å². The predicted octanol–water partition coefficient (Wildman–Crippen LogP) is 6.08. The third kappa shape index (κ3) is 5.97. The van der Waals surface area contributed by atoms with Crippen molar-refractivity contribution in [2.45, 2.75) is 44.1 Å². The van der Waals surface area contributed by atoms with Crippen LogP contribution in [0.4, 0.5) is 4.39 Å². The number of likely N-dealkylation sites (tertiary alicyclic amines) is 1. The molecule has 3 aromatic carbocycles. The Labute approximate surface area is 258 Å². The number of nitrogens with zero attached hydrogens (tertiary/aromatic N) is 3. The molecule has 4 aromatic rings. The summed E-state index contributed by atoms with van der Waals surface area (Å²) in [6, 6.07) is 19.8. The Bertz CT molecular complexity index is 1780. The molecule has 1 aliphatic heterocycles. The quantitative estimate of drug-likeness (QED) is 0.233. The van der Waals surface area contributed by atoms with E-state index in [1.807, 2.05) is 29.2 Å². The zero-order valence-electron chi connectivity index (χ0n) is 23.7. The average molecular weight is 614 g/mol. The number of ether oxygens (including phenoxy) is 2. The van der Waals surface area contributed by atoms with Crippen molar-refractivity contribution in [1.29, 1.82) is 5.26 Å². The van der Waals surface area contributed by atoms with Crippen LogP contribution in [0.1, 0.15) is 46.8 Å². The van der Waals surface area contributed by atoms with Crippen LogP contribution in [-0.2, 0) is 24.4 Å². The van der Waals surface area contributed by atoms with Crippen molar-refractivity contribution in [3.8, 4) is 28.7 Å². The van der Waals surface area contributed by atoms with Gasteiger partial charge in [-0.25, -0.2) is 9.18 Å². The van der Waals surface area contributed by atoms with Crippen molar-refractivity contribution < 1.29 is 28.9 Å². The first-order valence-electron chi connectivity index (χ1n) is 14.2. The maximum Gasteiger partial charge on any atom is 0.337 e. The van der Waals surface area contributed by atoms with Crippen LogP contribution in [0, 0.1) is 17.1 Å². The number of rotatable bonds is 9. The molecule has 10 heteroatoms. The van der Waals surface area contributed by atoms with E-state index >= 15 is 0 Å². The minimum absolute atomic E-state index is 0.0328. The zero-order chi connectivity index (χ0) is 30.8. The molecular weight excluding hydrogens is 585 g/mol. The van der Waals surface area contributed by atoms with Gasteiger partial charge in [-0.1, -0.05) is 48.0 Å². The van der Waals surface area contributed by atoms with Crippen LogP contribution in [0.15, 0.2) is 73.1 Å². The number of β-amino-alcohol motifs (C(OH)–C–C–N with tert-alkyl or cyclic N) is 1. The smallest absolute Gasteiger partial charge is 0.337 e. The molecule has 0 bridgehead atoms. The van der Waals surface area contributed by atoms with Crippen molar-refractivity contribution in [1.82, 2.24) is 9.88 Å². The second kappa shape index (κ2) is 12.2. The molecule has 224 valence electrons. The fourth-order valence-corrected chi connectivity index (χ4v) is 6.19. The third-order valence-electron chi connectivity index (χ3n) is 8.20. The van der Waals surface area contributed by atoms with E-state index in [1.165, 1.54) is 12.3 Å². The molecule has 8 nitrogen and oxygen atoms in total. The Morgan fingerprint density at radius 1 is 1.14 bits per heavy atom. The molecular formula is C34H29ClFN3O5. The number of fused-ring (bicyclic) bond motifs is 1. The number of pyridine rings is 1. The summed E-state index contributed by atoms with van der Waals surface area (Å²) < 4.78 is 27.4. The Morgan fingerprint density at radius 3 is 2.73 bits per heavy atom. The van der Waals surface area contributed by atoms with Gasteiger partial charge in [0, 0.05) is 61.2 Å². The summed E-state index contributed by atoms with van der Waals surface area (Å²) in [5.74, 6) is -0.651. The molecule has 0 radical (unpaired) electrons. The van der Waals surface area contributed by atoms with Crippen molar-refractivity contribution in [2.24, 2.45) is 0 Å². The van der Waals surface area contributed by atoms with Gasteiger partial charge in [-0.3, -0.25) is 9.88 Å². The molecule has 0 amide bonds. The maximum atomic E-state index is 14.7. The van der Waals surface area contributed by atoms with Crippen molar-refractivity contribution in [3.63, 3.8) is 0 Å². The zero-order valence-corrected chi connectivity index (χ0v) is 24.4. The highest BCUT2D eigenvalue weighted by Crippen LogP contribution is 2.43. The summed E-state index contributed by atoms with van der Waals surface area (Å²) in [4.78, 5) is 17.5. The lowest BCUT2D eigenvalue weighted by Gasteiger charge is -2.22. The Kier molecular flexibility index (Phi) is 8.23. The van der Waals surface area contributed by atoms with E-state index in [2.05, 4.69) is 11.1 Å². The van der Waals surface area contributed by atoms with Gasteiger partial charge in [0.15, 0.2) is 5.60 Å². The molecule has 1 aliphatic carbocycles. The van der Waals surface area contributed by atoms with Crippen LogP contribution in [0.3, 0.4) is 0 Å². The van der Waals surface area contributed by atoms with E-state index < -0.39 is 11.6 Å². The van der Waals surface area contributed by atoms with Gasteiger partial charge in [0.2, 0.25) is 0 Å². The van der Waals surface area contributed by atoms with E-state index in [0.717, 1.165) is 16.7 Å². The third-order valence-corrected chi connectivity index (χ3v) is 8.50. The molecule has 0 spiro atoms. The standard InChI is InChI=1S/C34H29ClFN3O5/c35-28-13-23(18-39-11-10-34(42,20-39)33(40)41)31(43-19-22-12-21(15-37)16-38-17-22)14-32(28)44-30-9-8-25-24(5-3-6-27(25)30)26-4-1-2-7-29(26)36/h1-7,12-14,16-17,30,42H,8-11,18-20H2,(H,40,41)/t30-,34?/m0/s1. The number of carbonyl (C=O) groups is 1. The number of carboxylic acid groups (broad SMARTS) is 1. The first kappa shape index (κ1) is 29.6. The van der Waals surface area contributed by atoms with Gasteiger partial charge in [-0.15, -0.1) is 0 Å². The summed E-state index contributed by atoms with van der Waals surface area (Å²) >= 11 is 6.77. The largest absolute Gasteiger partial charge is 0.488 e. The lowest BCUT2D eigenvalue weighted by atomic mass is 9.96. The molecule has 1 saturated heterocycles. The number of aliphatic carboxylic acids is 1. The highest BCUT2D eigenvalue weighted by molar-refractivity contribution is 6.32. The van der Waals surface area contributed by atoms with Crippen LogP contribution >= 0.6 is 11.6 Å². The molecule has 0 saturated carbocycles. The van der Waals surface area contributed by atoms with Crippen LogP contribution in [0.25, 0.3) is 11.1 Å². The van der Waals surface area contributed by atoms with Crippen molar-refractivity contribution in [3.05, 3.63) is 112 Å². The van der Waals surface area contributed by atoms with Crippen LogP contribution < -0.4 is 9.47 Å². The van der Waals surface area contributed by atoms with Gasteiger partial charge in [-0.2, -0.15) is 5.26 Å². The summed E-state index contributed by atoms with van der Waals surface area (Å²) in [6.07, 6.45) is 4.28. The van der Waals surface area contributed by atoms with Crippen molar-refractivity contribution >= 4 is 17.6 Å². The SMILES string of the molecule is N#Cc1cncc(COc2cc(O[C@H]3CCc4c(-c5ccccc5F)cccc43)c(Cl)cc2CN2CCC(O)(C(=O)O)C2)c1. The number of nitriles is 1. The number of benzene rings is 3. The monoisotopic (exact) mass is 613 g/mol. The Balaban J connectivity index is 1.29. The van der Waals surface area contributed by atoms with Gasteiger partial charge < -0.3 is 19.7 Å². The predicted molar refractivity (Wildman–Crippen MR) is 161 cm³/mol. The summed E-state index contributed by atoms with van der Waals surface area (Å²) in [6.45, 7) is 0.762. The van der Waals surface area contributed by atoms with Crippen LogP contribution in [0.5, 0.6) is 11.5 Å². The van der Waals surface area contributed by atoms with Gasteiger partial charge >= 0.3 is 5.97 Å². The molecule has 2 atom stereocenters. The van der Waals surface area contributed by atoms with E-state index in [4.69, 9.17) is 21.1 Å². The van der Waals surface area contributed by atoms with E-state index in [0.29, 0.717) is 64.7 Å². The fourth-order valence-electron chi connectivity index (χ4n) is 5.96. The van der Waals surface area contributed by atoms with Gasteiger partial charge in [-0.05, 0) is 47.7 Å². The lowest BCUT2D eigenvalue weighted by molar-refractivity contribution is -0.157. The molecule has 2 heterocycles. The molecule has 1 fully saturated rings. The molecule has 2 aliphatic rings. The summed E-state index contributed by atoms with van der Waals surface area (Å²) in [5.41, 5.74) is 3.39. The van der Waals surface area contributed by atoms with E-state index in [9.17, 15) is 24.7 Å². The fraction of sp³-hybridized carbons (Fsp3) is 0.265. The molecule has 1 aromatic heterocycles. The lowest BCUT2D eigenvalue weighted by Crippen LogP contribution is -2.41. The van der Waals surface area contributed by atoms with E-state index in [1.54, 1.807) is 36.5 Å². The van der Waals surface area contributed by atoms with Crippen molar-refractivity contribution in [2.75, 3.05) is 13.1 Å². The summed E-state index contributed by atoms with van der Waals surface area (Å²) in [5, 5.41) is 29.5. The Hall–Kier alpha value is -4.49. The van der Waals surface area contributed by atoms with Gasteiger partial charge in [0.25, 0.3) is 0 Å². The highest BCUT2D eigenvalue weighted by atomic mass is 35.5. The number of aliphatic hydroxyl groups is 1. The van der Waals surface area contributed by atoms with E-state index in [-0.39, 0.29) is 31.5 Å². The second-order valence-electron chi connectivity index (χ2n) is 11.2. The Morgan fingerprint density at radius 2 is 1.95 bits per heavy atom. The minimum atomic E-state index is -1.81. The first-order valence-corrected chi connectivity index (χ1v) is 14.6. The number of hydrogen-bond donors (Lipinski definition) is 2. The molecule has 1 unspecified atom stereocenters. The number of carboxylic acids is 1. The maximum absolute atomic E-state index is 14.7.